The van der Waals surface area contributed by atoms with E-state index in [0.717, 1.165) is 44.8 Å². The van der Waals surface area contributed by atoms with Crippen molar-refractivity contribution in [2.24, 2.45) is 5.92 Å². The van der Waals surface area contributed by atoms with Crippen LogP contribution in [0.5, 0.6) is 0 Å². The summed E-state index contributed by atoms with van der Waals surface area (Å²) in [7, 11) is 0. The molecule has 0 spiro atoms. The van der Waals surface area contributed by atoms with E-state index in [4.69, 9.17) is 16.6 Å². The van der Waals surface area contributed by atoms with Crippen molar-refractivity contribution < 1.29 is 4.39 Å². The van der Waals surface area contributed by atoms with E-state index in [1.54, 1.807) is 4.57 Å². The molecule has 0 saturated carbocycles. The van der Waals surface area contributed by atoms with Crippen LogP contribution >= 0.6 is 11.6 Å². The third kappa shape index (κ3) is 4.18. The molecule has 1 aromatic heterocycles. The molecule has 0 radical (unpaired) electrons. The highest BCUT2D eigenvalue weighted by Gasteiger charge is 2.27. The van der Waals surface area contributed by atoms with E-state index in [-0.39, 0.29) is 16.6 Å². The third-order valence-corrected chi connectivity index (χ3v) is 5.55. The van der Waals surface area contributed by atoms with Gasteiger partial charge in [-0.25, -0.2) is 9.37 Å². The summed E-state index contributed by atoms with van der Waals surface area (Å²) in [6.07, 6.45) is 1.89. The van der Waals surface area contributed by atoms with Gasteiger partial charge in [-0.05, 0) is 31.9 Å². The maximum absolute atomic E-state index is 14.0. The second kappa shape index (κ2) is 8.67. The van der Waals surface area contributed by atoms with Gasteiger partial charge in [0, 0.05) is 32.2 Å². The second-order valence-electron chi connectivity index (χ2n) is 7.41. The number of benzene rings is 1. The largest absolute Gasteiger partial charge is 0.315 e. The third-order valence-electron chi connectivity index (χ3n) is 5.26. The predicted octanol–water partition coefficient (Wildman–Crippen LogP) is 3.59. The van der Waals surface area contributed by atoms with E-state index in [1.807, 2.05) is 6.92 Å². The van der Waals surface area contributed by atoms with Crippen LogP contribution in [-0.4, -0.2) is 40.6 Å². The molecule has 0 amide bonds. The molecule has 1 fully saturated rings. The average molecular weight is 395 g/mol. The maximum atomic E-state index is 14.0. The molecule has 0 aliphatic carbocycles. The summed E-state index contributed by atoms with van der Waals surface area (Å²) in [5.74, 6) is 0.703. The molecule has 1 aliphatic heterocycles. The Kier molecular flexibility index (Phi) is 6.50. The Bertz CT molecular complexity index is 869. The van der Waals surface area contributed by atoms with Crippen molar-refractivity contribution in [3.05, 3.63) is 39.2 Å². The summed E-state index contributed by atoms with van der Waals surface area (Å²) in [6, 6.07) is 2.70. The van der Waals surface area contributed by atoms with Crippen molar-refractivity contribution in [1.29, 1.82) is 0 Å². The number of nitrogens with zero attached hydrogens (tertiary/aromatic N) is 3. The van der Waals surface area contributed by atoms with E-state index in [0.29, 0.717) is 23.4 Å². The van der Waals surface area contributed by atoms with Crippen molar-refractivity contribution in [2.75, 3.05) is 26.2 Å². The summed E-state index contributed by atoms with van der Waals surface area (Å²) in [4.78, 5) is 20.3. The van der Waals surface area contributed by atoms with Crippen molar-refractivity contribution in [3.8, 4) is 0 Å². The second-order valence-corrected chi connectivity index (χ2v) is 7.82. The van der Waals surface area contributed by atoms with Crippen molar-refractivity contribution in [3.63, 3.8) is 0 Å². The number of nitrogens with one attached hydrogen (secondary N) is 1. The first-order valence-corrected chi connectivity index (χ1v) is 10.2. The Balaban J connectivity index is 2.16. The molecule has 2 heterocycles. The normalized spacial score (nSPS) is 20.0. The molecule has 0 bridgehead atoms. The van der Waals surface area contributed by atoms with E-state index in [9.17, 15) is 9.18 Å². The molecule has 148 valence electrons. The highest BCUT2D eigenvalue weighted by molar-refractivity contribution is 6.31. The van der Waals surface area contributed by atoms with Crippen LogP contribution in [0.15, 0.2) is 16.9 Å². The molecular weight excluding hydrogens is 367 g/mol. The van der Waals surface area contributed by atoms with Crippen LogP contribution in [0, 0.1) is 11.7 Å². The van der Waals surface area contributed by atoms with Crippen molar-refractivity contribution >= 4 is 22.5 Å². The van der Waals surface area contributed by atoms with E-state index in [1.165, 1.54) is 12.1 Å². The molecule has 1 unspecified atom stereocenters. The molecule has 5 nitrogen and oxygen atoms in total. The topological polar surface area (TPSA) is 50.2 Å². The Morgan fingerprint density at radius 1 is 1.41 bits per heavy atom. The van der Waals surface area contributed by atoms with Crippen molar-refractivity contribution in [2.45, 2.75) is 46.2 Å². The number of fused-ring (bicyclic) bond motifs is 1. The molecule has 7 heteroatoms. The van der Waals surface area contributed by atoms with Gasteiger partial charge in [-0.3, -0.25) is 14.3 Å². The average Bonchev–Trinajstić information content (AvgIpc) is 2.85. The quantitative estimate of drug-likeness (QED) is 0.841. The lowest BCUT2D eigenvalue weighted by Crippen LogP contribution is -2.38. The van der Waals surface area contributed by atoms with Gasteiger partial charge in [0.2, 0.25) is 0 Å². The van der Waals surface area contributed by atoms with Gasteiger partial charge in [0.05, 0.1) is 22.0 Å². The van der Waals surface area contributed by atoms with Gasteiger partial charge in [-0.2, -0.15) is 0 Å². The molecule has 3 rings (SSSR count). The SMILES string of the molecule is CCCC(c1nc2cc(F)c(Cl)cc2c(=O)n1CC)N1CCNC[C@H](C)C1. The van der Waals surface area contributed by atoms with Crippen LogP contribution in [0.2, 0.25) is 5.02 Å². The molecule has 1 aliphatic rings. The molecule has 2 atom stereocenters. The number of halogens is 2. The summed E-state index contributed by atoms with van der Waals surface area (Å²) >= 11 is 5.90. The number of rotatable bonds is 5. The van der Waals surface area contributed by atoms with Gasteiger partial charge >= 0.3 is 0 Å². The first-order chi connectivity index (χ1) is 13.0. The predicted molar refractivity (Wildman–Crippen MR) is 108 cm³/mol. The number of hydrogen-bond acceptors (Lipinski definition) is 4. The lowest BCUT2D eigenvalue weighted by atomic mass is 10.1. The van der Waals surface area contributed by atoms with Gasteiger partial charge in [-0.15, -0.1) is 0 Å². The van der Waals surface area contributed by atoms with Gasteiger partial charge in [0.15, 0.2) is 0 Å². The minimum absolute atomic E-state index is 0.0353. The fourth-order valence-corrected chi connectivity index (χ4v) is 4.12. The molecule has 1 N–H and O–H groups in total. The zero-order valence-corrected chi connectivity index (χ0v) is 17.0. The van der Waals surface area contributed by atoms with Crippen LogP contribution in [-0.2, 0) is 6.54 Å². The van der Waals surface area contributed by atoms with E-state index in [2.05, 4.69) is 24.1 Å². The summed E-state index contributed by atoms with van der Waals surface area (Å²) in [5, 5.41) is 3.79. The summed E-state index contributed by atoms with van der Waals surface area (Å²) in [5.41, 5.74) is 0.227. The van der Waals surface area contributed by atoms with E-state index < -0.39 is 5.82 Å². The van der Waals surface area contributed by atoms with Crippen LogP contribution in [0.3, 0.4) is 0 Å². The lowest BCUT2D eigenvalue weighted by Gasteiger charge is -2.32. The standard InChI is InChI=1S/C20H28ClFN4O/c1-4-6-18(25-8-7-23-11-13(3)12-25)19-24-17-10-16(22)15(21)9-14(17)20(27)26(19)5-2/h9-10,13,18,23H,4-8,11-12H2,1-3H3/t13-,18?/m0/s1. The first-order valence-electron chi connectivity index (χ1n) is 9.80. The highest BCUT2D eigenvalue weighted by Crippen LogP contribution is 2.28. The Hall–Kier alpha value is -1.50. The van der Waals surface area contributed by atoms with Crippen LogP contribution in [0.1, 0.15) is 45.5 Å². The Morgan fingerprint density at radius 3 is 2.89 bits per heavy atom. The van der Waals surface area contributed by atoms with Crippen LogP contribution in [0.25, 0.3) is 10.9 Å². The fourth-order valence-electron chi connectivity index (χ4n) is 3.95. The summed E-state index contributed by atoms with van der Waals surface area (Å²) in [6.45, 7) is 10.6. The minimum Gasteiger partial charge on any atom is -0.315 e. The van der Waals surface area contributed by atoms with E-state index >= 15 is 0 Å². The highest BCUT2D eigenvalue weighted by atomic mass is 35.5. The maximum Gasteiger partial charge on any atom is 0.261 e. The minimum atomic E-state index is -0.545. The molecule has 1 saturated heterocycles. The van der Waals surface area contributed by atoms with Crippen LogP contribution < -0.4 is 10.9 Å². The number of hydrogen-bond donors (Lipinski definition) is 1. The molecular formula is C20H28ClFN4O. The van der Waals surface area contributed by atoms with Crippen molar-refractivity contribution in [1.82, 2.24) is 19.8 Å². The summed E-state index contributed by atoms with van der Waals surface area (Å²) < 4.78 is 15.7. The molecule has 27 heavy (non-hydrogen) atoms. The lowest BCUT2D eigenvalue weighted by molar-refractivity contribution is 0.169. The van der Waals surface area contributed by atoms with Gasteiger partial charge < -0.3 is 5.32 Å². The zero-order chi connectivity index (χ0) is 19.6. The number of aromatic nitrogens is 2. The zero-order valence-electron chi connectivity index (χ0n) is 16.3. The Morgan fingerprint density at radius 2 is 2.19 bits per heavy atom. The van der Waals surface area contributed by atoms with Gasteiger partial charge in [-0.1, -0.05) is 31.9 Å². The first kappa shape index (κ1) is 20.2. The molecule has 1 aromatic carbocycles. The van der Waals surface area contributed by atoms with Gasteiger partial charge in [0.25, 0.3) is 5.56 Å². The van der Waals surface area contributed by atoms with Gasteiger partial charge in [0.1, 0.15) is 11.6 Å². The molecule has 2 aromatic rings. The fraction of sp³-hybridized carbons (Fsp3) is 0.600. The monoisotopic (exact) mass is 394 g/mol. The Labute approximate surface area is 164 Å². The van der Waals surface area contributed by atoms with Crippen LogP contribution in [0.4, 0.5) is 4.39 Å². The smallest absolute Gasteiger partial charge is 0.261 e.